The van der Waals surface area contributed by atoms with Crippen molar-refractivity contribution in [1.82, 2.24) is 8.87 Å². The fourth-order valence-corrected chi connectivity index (χ4v) is 7.70. The van der Waals surface area contributed by atoms with Gasteiger partial charge >= 0.3 is 0 Å². The molecule has 2 bridgehead atoms. The van der Waals surface area contributed by atoms with Crippen molar-refractivity contribution in [3.63, 3.8) is 0 Å². The van der Waals surface area contributed by atoms with E-state index >= 15 is 0 Å². The molecular formula is C19H18N2O3S3. The minimum absolute atomic E-state index is 0.0409. The van der Waals surface area contributed by atoms with E-state index in [1.54, 1.807) is 33.2 Å². The maximum absolute atomic E-state index is 13.0. The number of hydrogen-bond acceptors (Lipinski definition) is 5. The average Bonchev–Trinajstić information content (AvgIpc) is 3.36. The highest BCUT2D eigenvalue weighted by Crippen LogP contribution is 2.38. The van der Waals surface area contributed by atoms with Gasteiger partial charge < -0.3 is 4.57 Å². The van der Waals surface area contributed by atoms with E-state index in [2.05, 4.69) is 0 Å². The summed E-state index contributed by atoms with van der Waals surface area (Å²) < 4.78 is 29.8. The Morgan fingerprint density at radius 2 is 1.78 bits per heavy atom. The molecule has 0 amide bonds. The summed E-state index contributed by atoms with van der Waals surface area (Å²) in [7, 11) is -3.45. The van der Waals surface area contributed by atoms with Crippen LogP contribution in [0.25, 0.3) is 10.4 Å². The van der Waals surface area contributed by atoms with Crippen LogP contribution in [0.5, 0.6) is 0 Å². The van der Waals surface area contributed by atoms with Gasteiger partial charge in [-0.05, 0) is 47.4 Å². The van der Waals surface area contributed by atoms with E-state index in [1.165, 1.54) is 11.3 Å². The summed E-state index contributed by atoms with van der Waals surface area (Å²) in [6.45, 7) is 1.50. The van der Waals surface area contributed by atoms with Gasteiger partial charge in [-0.25, -0.2) is 8.42 Å². The molecule has 3 aromatic rings. The molecule has 2 aliphatic heterocycles. The van der Waals surface area contributed by atoms with Crippen molar-refractivity contribution in [3.05, 3.63) is 63.2 Å². The summed E-state index contributed by atoms with van der Waals surface area (Å²) in [4.78, 5) is 14.0. The monoisotopic (exact) mass is 418 g/mol. The van der Waals surface area contributed by atoms with Gasteiger partial charge in [0.15, 0.2) is 0 Å². The number of fused-ring (bicyclic) bond motifs is 4. The van der Waals surface area contributed by atoms with E-state index < -0.39 is 10.0 Å². The summed E-state index contributed by atoms with van der Waals surface area (Å²) in [6.07, 6.45) is 0.939. The van der Waals surface area contributed by atoms with E-state index in [-0.39, 0.29) is 17.4 Å². The highest BCUT2D eigenvalue weighted by atomic mass is 32.2. The standard InChI is InChI=1S/C19H18N2O3S3/c22-19-15(17-3-1-7-25-17)5-6-16-14-9-13(11-21(16)19)10-20(12-14)27(23,24)18-4-2-8-26-18/h1-8,13-14H,9-12H2. The smallest absolute Gasteiger partial charge is 0.259 e. The molecule has 2 unspecified atom stereocenters. The van der Waals surface area contributed by atoms with Crippen LogP contribution >= 0.6 is 22.7 Å². The Bertz CT molecular complexity index is 1130. The molecule has 0 radical (unpaired) electrons. The van der Waals surface area contributed by atoms with Crippen LogP contribution in [0, 0.1) is 5.92 Å². The number of pyridine rings is 1. The molecule has 2 aliphatic rings. The van der Waals surface area contributed by atoms with Gasteiger partial charge in [-0.2, -0.15) is 4.31 Å². The fraction of sp³-hybridized carbons (Fsp3) is 0.316. The third kappa shape index (κ3) is 2.82. The minimum atomic E-state index is -3.45. The van der Waals surface area contributed by atoms with Crippen molar-refractivity contribution in [2.75, 3.05) is 13.1 Å². The van der Waals surface area contributed by atoms with Crippen LogP contribution in [0.4, 0.5) is 0 Å². The van der Waals surface area contributed by atoms with Crippen molar-refractivity contribution >= 4 is 32.7 Å². The molecule has 0 spiro atoms. The Labute approximate surface area is 165 Å². The van der Waals surface area contributed by atoms with Crippen LogP contribution in [-0.4, -0.2) is 30.4 Å². The maximum Gasteiger partial charge on any atom is 0.259 e. The maximum atomic E-state index is 13.0. The van der Waals surface area contributed by atoms with Crippen molar-refractivity contribution in [2.24, 2.45) is 5.92 Å². The van der Waals surface area contributed by atoms with E-state index in [9.17, 15) is 13.2 Å². The zero-order chi connectivity index (χ0) is 18.6. The van der Waals surface area contributed by atoms with Crippen LogP contribution in [-0.2, 0) is 16.6 Å². The van der Waals surface area contributed by atoms with E-state index in [4.69, 9.17) is 0 Å². The summed E-state index contributed by atoms with van der Waals surface area (Å²) in [5.41, 5.74) is 1.73. The number of nitrogens with zero attached hydrogens (tertiary/aromatic N) is 2. The molecule has 2 atom stereocenters. The lowest BCUT2D eigenvalue weighted by Gasteiger charge is -2.42. The third-order valence-corrected chi connectivity index (χ3v) is 9.55. The molecule has 0 aromatic carbocycles. The molecule has 5 heterocycles. The normalized spacial score (nSPS) is 22.5. The number of rotatable bonds is 3. The zero-order valence-corrected chi connectivity index (χ0v) is 16.9. The fourth-order valence-electron chi connectivity index (χ4n) is 4.26. The molecule has 0 aliphatic carbocycles. The molecule has 0 saturated carbocycles. The van der Waals surface area contributed by atoms with Gasteiger partial charge in [0, 0.05) is 36.1 Å². The highest BCUT2D eigenvalue weighted by Gasteiger charge is 2.40. The molecule has 27 heavy (non-hydrogen) atoms. The molecule has 1 fully saturated rings. The predicted octanol–water partition coefficient (Wildman–Crippen LogP) is 3.45. The first kappa shape index (κ1) is 17.4. The van der Waals surface area contributed by atoms with E-state index in [1.807, 2.05) is 34.2 Å². The van der Waals surface area contributed by atoms with Crippen molar-refractivity contribution in [2.45, 2.75) is 23.1 Å². The van der Waals surface area contributed by atoms with Crippen molar-refractivity contribution in [1.29, 1.82) is 0 Å². The SMILES string of the molecule is O=c1c(-c2cccs2)ccc2n1CC1CC2CN(S(=O)(=O)c2cccs2)C1. The predicted molar refractivity (Wildman–Crippen MR) is 108 cm³/mol. The van der Waals surface area contributed by atoms with Crippen molar-refractivity contribution < 1.29 is 8.42 Å². The largest absolute Gasteiger partial charge is 0.311 e. The Hall–Kier alpha value is -1.74. The molecule has 5 nitrogen and oxygen atoms in total. The lowest BCUT2D eigenvalue weighted by molar-refractivity contribution is 0.186. The first-order valence-electron chi connectivity index (χ1n) is 8.85. The van der Waals surface area contributed by atoms with Gasteiger partial charge in [-0.3, -0.25) is 4.79 Å². The zero-order valence-electron chi connectivity index (χ0n) is 14.4. The number of hydrogen-bond donors (Lipinski definition) is 0. The minimum Gasteiger partial charge on any atom is -0.311 e. The number of aromatic nitrogens is 1. The topological polar surface area (TPSA) is 59.4 Å². The average molecular weight is 419 g/mol. The van der Waals surface area contributed by atoms with Crippen LogP contribution in [0.2, 0.25) is 0 Å². The Morgan fingerprint density at radius 1 is 0.963 bits per heavy atom. The van der Waals surface area contributed by atoms with Crippen molar-refractivity contribution in [3.8, 4) is 10.4 Å². The molecule has 3 aromatic heterocycles. The second-order valence-electron chi connectivity index (χ2n) is 7.12. The van der Waals surface area contributed by atoms with E-state index in [0.717, 1.165) is 22.6 Å². The Balaban J connectivity index is 1.52. The second-order valence-corrected chi connectivity index (χ2v) is 11.2. The van der Waals surface area contributed by atoms with Gasteiger partial charge in [-0.15, -0.1) is 22.7 Å². The molecular weight excluding hydrogens is 400 g/mol. The van der Waals surface area contributed by atoms with Gasteiger partial charge in [0.25, 0.3) is 15.6 Å². The lowest BCUT2D eigenvalue weighted by atomic mass is 9.84. The summed E-state index contributed by atoms with van der Waals surface area (Å²) in [6, 6.07) is 11.3. The first-order valence-corrected chi connectivity index (χ1v) is 12.1. The van der Waals surface area contributed by atoms with Crippen LogP contribution in [0.3, 0.4) is 0 Å². The molecule has 8 heteroatoms. The summed E-state index contributed by atoms with van der Waals surface area (Å²) in [5, 5.41) is 3.76. The summed E-state index contributed by atoms with van der Waals surface area (Å²) in [5.74, 6) is 0.236. The Morgan fingerprint density at radius 3 is 2.52 bits per heavy atom. The quantitative estimate of drug-likeness (QED) is 0.655. The Kier molecular flexibility index (Phi) is 4.12. The number of thiophene rings is 2. The number of piperidine rings is 1. The highest BCUT2D eigenvalue weighted by molar-refractivity contribution is 7.91. The first-order chi connectivity index (χ1) is 13.0. The van der Waals surface area contributed by atoms with Gasteiger partial charge in [0.05, 0.1) is 5.56 Å². The summed E-state index contributed by atoms with van der Waals surface area (Å²) >= 11 is 2.82. The van der Waals surface area contributed by atoms with Gasteiger partial charge in [0.2, 0.25) is 0 Å². The van der Waals surface area contributed by atoms with Crippen LogP contribution < -0.4 is 5.56 Å². The molecule has 1 saturated heterocycles. The molecule has 5 rings (SSSR count). The second kappa shape index (κ2) is 6.41. The van der Waals surface area contributed by atoms with Crippen LogP contribution in [0.15, 0.2) is 56.2 Å². The third-order valence-electron chi connectivity index (χ3n) is 5.45. The molecule has 0 N–H and O–H groups in total. The van der Waals surface area contributed by atoms with Crippen LogP contribution in [0.1, 0.15) is 18.0 Å². The van der Waals surface area contributed by atoms with Gasteiger partial charge in [0.1, 0.15) is 4.21 Å². The van der Waals surface area contributed by atoms with Gasteiger partial charge in [-0.1, -0.05) is 12.1 Å². The number of sulfonamides is 1. The lowest BCUT2D eigenvalue weighted by Crippen LogP contribution is -2.49. The van der Waals surface area contributed by atoms with E-state index in [0.29, 0.717) is 23.8 Å². The molecule has 140 valence electrons.